The molecule has 7 heteroatoms. The third kappa shape index (κ3) is 4.35. The first-order chi connectivity index (χ1) is 11.3. The molecule has 1 aromatic carbocycles. The van der Waals surface area contributed by atoms with Gasteiger partial charge >= 0.3 is 0 Å². The van der Waals surface area contributed by atoms with Gasteiger partial charge in [0, 0.05) is 31.8 Å². The molecule has 0 unspecified atom stereocenters. The van der Waals surface area contributed by atoms with Crippen molar-refractivity contribution in [3.05, 3.63) is 40.2 Å². The molecule has 2 rings (SSSR count). The maximum absolute atomic E-state index is 12.1. The number of amides is 2. The molecular formula is C17H21ClN4O2. The fourth-order valence-corrected chi connectivity index (χ4v) is 2.75. The van der Waals surface area contributed by atoms with E-state index in [2.05, 4.69) is 15.7 Å². The first-order valence-electron chi connectivity index (χ1n) is 7.64. The van der Waals surface area contributed by atoms with E-state index in [4.69, 9.17) is 11.6 Å². The Labute approximate surface area is 146 Å². The molecule has 1 heterocycles. The molecular weight excluding hydrogens is 328 g/mol. The topological polar surface area (TPSA) is 76.0 Å². The highest BCUT2D eigenvalue weighted by Gasteiger charge is 2.12. The van der Waals surface area contributed by atoms with Crippen LogP contribution in [0.5, 0.6) is 0 Å². The minimum atomic E-state index is -0.198. The average Bonchev–Trinajstić information content (AvgIpc) is 2.73. The number of hydrogen-bond acceptors (Lipinski definition) is 3. The maximum atomic E-state index is 12.1. The second-order valence-electron chi connectivity index (χ2n) is 5.70. The molecule has 1 aromatic heterocycles. The fourth-order valence-electron chi connectivity index (χ4n) is 2.53. The number of aryl methyl sites for hydroxylation is 2. The van der Waals surface area contributed by atoms with E-state index in [0.29, 0.717) is 29.2 Å². The molecule has 24 heavy (non-hydrogen) atoms. The molecule has 128 valence electrons. The van der Waals surface area contributed by atoms with E-state index >= 15 is 0 Å². The van der Waals surface area contributed by atoms with Gasteiger partial charge in [0.15, 0.2) is 0 Å². The number of carbonyl (C=O) groups is 2. The zero-order chi connectivity index (χ0) is 17.9. The van der Waals surface area contributed by atoms with Crippen LogP contribution in [0.2, 0.25) is 5.02 Å². The monoisotopic (exact) mass is 348 g/mol. The van der Waals surface area contributed by atoms with Crippen LogP contribution in [0.3, 0.4) is 0 Å². The zero-order valence-corrected chi connectivity index (χ0v) is 15.0. The number of aromatic nitrogens is 2. The lowest BCUT2D eigenvalue weighted by molar-refractivity contribution is -0.116. The average molecular weight is 349 g/mol. The van der Waals surface area contributed by atoms with Crippen LogP contribution in [0.25, 0.3) is 0 Å². The third-order valence-corrected chi connectivity index (χ3v) is 4.14. The van der Waals surface area contributed by atoms with E-state index in [-0.39, 0.29) is 11.8 Å². The second-order valence-corrected chi connectivity index (χ2v) is 6.10. The fraction of sp³-hybridized carbons (Fsp3) is 0.353. The minimum absolute atomic E-state index is 0.0963. The van der Waals surface area contributed by atoms with Crippen molar-refractivity contribution >= 4 is 34.8 Å². The van der Waals surface area contributed by atoms with Gasteiger partial charge in [0.1, 0.15) is 0 Å². The molecule has 2 N–H and O–H groups in total. The Bertz CT molecular complexity index is 783. The maximum Gasteiger partial charge on any atom is 0.224 e. The van der Waals surface area contributed by atoms with Crippen molar-refractivity contribution in [2.45, 2.75) is 33.6 Å². The number of rotatable bonds is 5. The van der Waals surface area contributed by atoms with Gasteiger partial charge in [-0.2, -0.15) is 5.10 Å². The number of carbonyl (C=O) groups excluding carboxylic acids is 2. The summed E-state index contributed by atoms with van der Waals surface area (Å²) in [6.07, 6.45) is 0.994. The standard InChI is InChI=1S/C17H21ClN4O2/c1-10-14(11(2)22(4)21-10)6-8-17(24)20-13-5-7-16(15(18)9-13)19-12(3)23/h5,7,9H,6,8H2,1-4H3,(H,19,23)(H,20,24). The molecule has 0 saturated heterocycles. The summed E-state index contributed by atoms with van der Waals surface area (Å²) in [6.45, 7) is 5.35. The van der Waals surface area contributed by atoms with Gasteiger partial charge < -0.3 is 10.6 Å². The van der Waals surface area contributed by atoms with Gasteiger partial charge in [-0.1, -0.05) is 11.6 Å². The quantitative estimate of drug-likeness (QED) is 0.871. The van der Waals surface area contributed by atoms with E-state index in [9.17, 15) is 9.59 Å². The van der Waals surface area contributed by atoms with Crippen LogP contribution in [-0.2, 0) is 23.1 Å². The summed E-state index contributed by atoms with van der Waals surface area (Å²) in [5.74, 6) is -0.295. The molecule has 0 aliphatic rings. The first-order valence-corrected chi connectivity index (χ1v) is 8.01. The van der Waals surface area contributed by atoms with E-state index in [1.165, 1.54) is 6.92 Å². The summed E-state index contributed by atoms with van der Waals surface area (Å²) in [7, 11) is 1.89. The first kappa shape index (κ1) is 18.0. The smallest absolute Gasteiger partial charge is 0.224 e. The summed E-state index contributed by atoms with van der Waals surface area (Å²) >= 11 is 6.10. The molecule has 0 saturated carbocycles. The van der Waals surface area contributed by atoms with Crippen LogP contribution in [0.4, 0.5) is 11.4 Å². The van der Waals surface area contributed by atoms with Crippen molar-refractivity contribution in [2.24, 2.45) is 7.05 Å². The largest absolute Gasteiger partial charge is 0.326 e. The predicted molar refractivity (Wildman–Crippen MR) is 95.4 cm³/mol. The van der Waals surface area contributed by atoms with Crippen LogP contribution in [-0.4, -0.2) is 21.6 Å². The molecule has 0 bridgehead atoms. The molecule has 0 atom stereocenters. The van der Waals surface area contributed by atoms with Crippen LogP contribution < -0.4 is 10.6 Å². The van der Waals surface area contributed by atoms with E-state index in [0.717, 1.165) is 17.0 Å². The Hall–Kier alpha value is -2.34. The Balaban J connectivity index is 1.97. The molecule has 2 amide bonds. The molecule has 2 aromatic rings. The number of hydrogen-bond donors (Lipinski definition) is 2. The summed E-state index contributed by atoms with van der Waals surface area (Å²) in [6, 6.07) is 4.98. The highest BCUT2D eigenvalue weighted by atomic mass is 35.5. The van der Waals surface area contributed by atoms with Crippen molar-refractivity contribution < 1.29 is 9.59 Å². The predicted octanol–water partition coefficient (Wildman–Crippen LogP) is 3.22. The lowest BCUT2D eigenvalue weighted by Gasteiger charge is -2.09. The number of nitrogens with zero attached hydrogens (tertiary/aromatic N) is 2. The molecule has 0 aliphatic carbocycles. The molecule has 0 fully saturated rings. The third-order valence-electron chi connectivity index (χ3n) is 3.82. The van der Waals surface area contributed by atoms with Gasteiger partial charge in [0.25, 0.3) is 0 Å². The van der Waals surface area contributed by atoms with Crippen LogP contribution in [0, 0.1) is 13.8 Å². The molecule has 6 nitrogen and oxygen atoms in total. The Morgan fingerprint density at radius 1 is 1.25 bits per heavy atom. The summed E-state index contributed by atoms with van der Waals surface area (Å²) < 4.78 is 1.82. The van der Waals surface area contributed by atoms with Crippen LogP contribution in [0.15, 0.2) is 18.2 Å². The Morgan fingerprint density at radius 2 is 1.96 bits per heavy atom. The van der Waals surface area contributed by atoms with Crippen LogP contribution in [0.1, 0.15) is 30.3 Å². The zero-order valence-electron chi connectivity index (χ0n) is 14.2. The van der Waals surface area contributed by atoms with Crippen molar-refractivity contribution in [3.8, 4) is 0 Å². The van der Waals surface area contributed by atoms with Crippen molar-refractivity contribution in [3.63, 3.8) is 0 Å². The van der Waals surface area contributed by atoms with Gasteiger partial charge in [-0.15, -0.1) is 0 Å². The number of halogens is 1. The van der Waals surface area contributed by atoms with E-state index in [1.807, 2.05) is 25.6 Å². The van der Waals surface area contributed by atoms with E-state index in [1.54, 1.807) is 18.2 Å². The summed E-state index contributed by atoms with van der Waals surface area (Å²) in [4.78, 5) is 23.2. The minimum Gasteiger partial charge on any atom is -0.326 e. The van der Waals surface area contributed by atoms with Crippen LogP contribution >= 0.6 is 11.6 Å². The molecule has 0 aliphatic heterocycles. The highest BCUT2D eigenvalue weighted by Crippen LogP contribution is 2.25. The number of anilines is 2. The lowest BCUT2D eigenvalue weighted by atomic mass is 10.1. The Morgan fingerprint density at radius 3 is 2.50 bits per heavy atom. The summed E-state index contributed by atoms with van der Waals surface area (Å²) in [5, 5.41) is 10.2. The van der Waals surface area contributed by atoms with Gasteiger partial charge in [-0.25, -0.2) is 0 Å². The van der Waals surface area contributed by atoms with Gasteiger partial charge in [-0.05, 0) is 44.0 Å². The SMILES string of the molecule is CC(=O)Nc1ccc(NC(=O)CCc2c(C)nn(C)c2C)cc1Cl. The van der Waals surface area contributed by atoms with Crippen molar-refractivity contribution in [1.29, 1.82) is 0 Å². The van der Waals surface area contributed by atoms with Crippen molar-refractivity contribution in [2.75, 3.05) is 10.6 Å². The number of benzene rings is 1. The summed E-state index contributed by atoms with van der Waals surface area (Å²) in [5.41, 5.74) is 4.24. The lowest BCUT2D eigenvalue weighted by Crippen LogP contribution is -2.13. The Kier molecular flexibility index (Phi) is 5.62. The second kappa shape index (κ2) is 7.49. The highest BCUT2D eigenvalue weighted by molar-refractivity contribution is 6.34. The van der Waals surface area contributed by atoms with Crippen molar-refractivity contribution in [1.82, 2.24) is 9.78 Å². The van der Waals surface area contributed by atoms with Gasteiger partial charge in [-0.3, -0.25) is 14.3 Å². The normalized spacial score (nSPS) is 10.5. The molecule has 0 radical (unpaired) electrons. The van der Waals surface area contributed by atoms with Gasteiger partial charge in [0.05, 0.1) is 16.4 Å². The molecule has 0 spiro atoms. The number of nitrogens with one attached hydrogen (secondary N) is 2. The van der Waals surface area contributed by atoms with Gasteiger partial charge in [0.2, 0.25) is 11.8 Å². The van der Waals surface area contributed by atoms with E-state index < -0.39 is 0 Å².